The van der Waals surface area contributed by atoms with E-state index in [0.717, 1.165) is 32.1 Å². The van der Waals surface area contributed by atoms with Gasteiger partial charge in [0, 0.05) is 25.4 Å². The maximum absolute atomic E-state index is 13.4. The van der Waals surface area contributed by atoms with Crippen molar-refractivity contribution in [3.8, 4) is 0 Å². The minimum atomic E-state index is -0.857. The van der Waals surface area contributed by atoms with Crippen molar-refractivity contribution in [3.63, 3.8) is 0 Å². The Hall–Kier alpha value is -1.47. The number of ketones is 1. The van der Waals surface area contributed by atoms with Gasteiger partial charge in [-0.05, 0) is 31.6 Å². The van der Waals surface area contributed by atoms with Crippen LogP contribution < -0.4 is 5.32 Å². The van der Waals surface area contributed by atoms with Gasteiger partial charge in [-0.1, -0.05) is 32.1 Å². The van der Waals surface area contributed by atoms with E-state index in [1.165, 1.54) is 19.3 Å². The molecule has 0 bridgehead atoms. The third-order valence-corrected chi connectivity index (χ3v) is 7.34. The number of morpholine rings is 1. The van der Waals surface area contributed by atoms with E-state index < -0.39 is 5.54 Å². The van der Waals surface area contributed by atoms with Crippen molar-refractivity contribution < 1.29 is 23.9 Å². The van der Waals surface area contributed by atoms with Crippen LogP contribution in [0.1, 0.15) is 64.2 Å². The second kappa shape index (κ2) is 9.13. The highest BCUT2D eigenvalue weighted by molar-refractivity contribution is 5.97. The zero-order valence-corrected chi connectivity index (χ0v) is 17.3. The topological polar surface area (TPSA) is 84.9 Å². The summed E-state index contributed by atoms with van der Waals surface area (Å²) in [4.78, 5) is 40.6. The zero-order valence-electron chi connectivity index (χ0n) is 17.3. The fraction of sp³-hybridized carbons (Fsp3) is 0.864. The number of carbonyl (C=O) groups excluding carboxylic acids is 3. The van der Waals surface area contributed by atoms with Crippen LogP contribution in [0.2, 0.25) is 0 Å². The number of carbonyl (C=O) groups is 3. The van der Waals surface area contributed by atoms with Gasteiger partial charge in [-0.3, -0.25) is 14.4 Å². The molecule has 0 aromatic rings. The molecular formula is C22H34N2O5. The Bertz CT molecular complexity index is 627. The maximum Gasteiger partial charge on any atom is 0.224 e. The molecule has 29 heavy (non-hydrogen) atoms. The van der Waals surface area contributed by atoms with Gasteiger partial charge >= 0.3 is 0 Å². The van der Waals surface area contributed by atoms with Gasteiger partial charge in [0.05, 0.1) is 19.3 Å². The molecule has 0 spiro atoms. The Morgan fingerprint density at radius 1 is 1.10 bits per heavy atom. The number of fused-ring (bicyclic) bond motifs is 1. The molecular weight excluding hydrogens is 372 g/mol. The molecule has 7 nitrogen and oxygen atoms in total. The second-order valence-corrected chi connectivity index (χ2v) is 9.21. The molecule has 4 aliphatic rings. The van der Waals surface area contributed by atoms with E-state index >= 15 is 0 Å². The highest BCUT2D eigenvalue weighted by atomic mass is 16.5. The van der Waals surface area contributed by atoms with E-state index in [-0.39, 0.29) is 42.6 Å². The molecule has 2 amide bonds. The number of nitrogens with one attached hydrogen (secondary N) is 1. The van der Waals surface area contributed by atoms with Crippen LogP contribution in [0.3, 0.4) is 0 Å². The predicted octanol–water partition coefficient (Wildman–Crippen LogP) is 1.83. The first kappa shape index (κ1) is 20.8. The van der Waals surface area contributed by atoms with E-state index in [2.05, 4.69) is 5.32 Å². The molecule has 7 heteroatoms. The Morgan fingerprint density at radius 2 is 1.86 bits per heavy atom. The van der Waals surface area contributed by atoms with Crippen LogP contribution in [0.4, 0.5) is 0 Å². The lowest BCUT2D eigenvalue weighted by Crippen LogP contribution is -2.57. The number of rotatable bonds is 6. The first-order valence-electron chi connectivity index (χ1n) is 11.4. The summed E-state index contributed by atoms with van der Waals surface area (Å²) in [7, 11) is 0. The molecule has 162 valence electrons. The van der Waals surface area contributed by atoms with Gasteiger partial charge < -0.3 is 19.7 Å². The predicted molar refractivity (Wildman–Crippen MR) is 106 cm³/mol. The third kappa shape index (κ3) is 4.50. The second-order valence-electron chi connectivity index (χ2n) is 9.21. The van der Waals surface area contributed by atoms with Crippen LogP contribution >= 0.6 is 0 Å². The normalized spacial score (nSPS) is 31.5. The summed E-state index contributed by atoms with van der Waals surface area (Å²) in [5, 5.41) is 3.09. The number of Topliss-reactive ketones (excluding diaryl/α,β-unsaturated/α-hetero) is 1. The molecule has 4 rings (SSSR count). The molecule has 3 atom stereocenters. The highest BCUT2D eigenvalue weighted by Crippen LogP contribution is 2.39. The molecule has 1 unspecified atom stereocenters. The van der Waals surface area contributed by atoms with Crippen LogP contribution in [-0.4, -0.2) is 67.1 Å². The lowest BCUT2D eigenvalue weighted by Gasteiger charge is -2.33. The lowest BCUT2D eigenvalue weighted by atomic mass is 9.80. The highest BCUT2D eigenvalue weighted by Gasteiger charge is 2.55. The van der Waals surface area contributed by atoms with E-state index in [0.29, 0.717) is 38.6 Å². The first-order chi connectivity index (χ1) is 14.1. The van der Waals surface area contributed by atoms with Crippen LogP contribution in [-0.2, 0) is 23.9 Å². The SMILES string of the molecule is O=C(N[C@]12CCC[C@H]1OCC2=O)C(CC(=O)N1CCOCC1)CC1CCCCC1. The van der Waals surface area contributed by atoms with Gasteiger partial charge in [0.1, 0.15) is 12.1 Å². The largest absolute Gasteiger partial charge is 0.378 e. The Morgan fingerprint density at radius 3 is 2.62 bits per heavy atom. The molecule has 2 aliphatic carbocycles. The van der Waals surface area contributed by atoms with Crippen molar-refractivity contribution in [2.24, 2.45) is 11.8 Å². The lowest BCUT2D eigenvalue weighted by molar-refractivity contribution is -0.141. The number of amides is 2. The van der Waals surface area contributed by atoms with Crippen molar-refractivity contribution >= 4 is 17.6 Å². The fourth-order valence-corrected chi connectivity index (χ4v) is 5.62. The van der Waals surface area contributed by atoms with Gasteiger partial charge in [-0.25, -0.2) is 0 Å². The first-order valence-corrected chi connectivity index (χ1v) is 11.4. The zero-order chi connectivity index (χ0) is 20.3. The van der Waals surface area contributed by atoms with Gasteiger partial charge in [-0.2, -0.15) is 0 Å². The van der Waals surface area contributed by atoms with Crippen LogP contribution in [0.25, 0.3) is 0 Å². The smallest absolute Gasteiger partial charge is 0.224 e. The van der Waals surface area contributed by atoms with Crippen molar-refractivity contribution in [2.45, 2.75) is 75.9 Å². The molecule has 0 radical (unpaired) electrons. The average Bonchev–Trinajstić information content (AvgIpc) is 3.28. The van der Waals surface area contributed by atoms with Gasteiger partial charge in [0.25, 0.3) is 0 Å². The molecule has 1 N–H and O–H groups in total. The summed E-state index contributed by atoms with van der Waals surface area (Å²) in [6, 6.07) is 0. The van der Waals surface area contributed by atoms with Gasteiger partial charge in [0.2, 0.25) is 11.8 Å². The Balaban J connectivity index is 1.45. The van der Waals surface area contributed by atoms with Gasteiger partial charge in [-0.15, -0.1) is 0 Å². The quantitative estimate of drug-likeness (QED) is 0.727. The third-order valence-electron chi connectivity index (χ3n) is 7.34. The van der Waals surface area contributed by atoms with E-state index in [4.69, 9.17) is 9.47 Å². The molecule has 2 heterocycles. The van der Waals surface area contributed by atoms with Gasteiger partial charge in [0.15, 0.2) is 5.78 Å². The monoisotopic (exact) mass is 406 g/mol. The molecule has 0 aromatic carbocycles. The molecule has 2 aliphatic heterocycles. The van der Waals surface area contributed by atoms with Crippen molar-refractivity contribution in [1.82, 2.24) is 10.2 Å². The summed E-state index contributed by atoms with van der Waals surface area (Å²) in [6.45, 7) is 2.39. The Labute approximate surface area is 172 Å². The molecule has 2 saturated carbocycles. The average molecular weight is 407 g/mol. The standard InChI is InChI=1S/C22H34N2O5/c25-18-15-29-19-7-4-8-22(18,19)23-21(27)17(13-16-5-2-1-3-6-16)14-20(26)24-9-11-28-12-10-24/h16-17,19H,1-15H2,(H,23,27)/t17?,19-,22+/m1/s1. The number of hydrogen-bond donors (Lipinski definition) is 1. The van der Waals surface area contributed by atoms with Crippen LogP contribution in [0, 0.1) is 11.8 Å². The summed E-state index contributed by atoms with van der Waals surface area (Å²) in [5.74, 6) is -0.00667. The fourth-order valence-electron chi connectivity index (χ4n) is 5.62. The molecule has 2 saturated heterocycles. The minimum absolute atomic E-state index is 0.00993. The van der Waals surface area contributed by atoms with E-state index in [1.807, 2.05) is 4.90 Å². The van der Waals surface area contributed by atoms with Crippen LogP contribution in [0.15, 0.2) is 0 Å². The summed E-state index contributed by atoms with van der Waals surface area (Å²) in [6.07, 6.45) is 9.02. The number of hydrogen-bond acceptors (Lipinski definition) is 5. The van der Waals surface area contributed by atoms with Crippen molar-refractivity contribution in [1.29, 1.82) is 0 Å². The maximum atomic E-state index is 13.4. The van der Waals surface area contributed by atoms with E-state index in [9.17, 15) is 14.4 Å². The molecule has 0 aromatic heterocycles. The number of nitrogens with zero attached hydrogens (tertiary/aromatic N) is 1. The summed E-state index contributed by atoms with van der Waals surface area (Å²) >= 11 is 0. The van der Waals surface area contributed by atoms with Crippen molar-refractivity contribution in [3.05, 3.63) is 0 Å². The molecule has 4 fully saturated rings. The summed E-state index contributed by atoms with van der Waals surface area (Å²) < 4.78 is 11.0. The summed E-state index contributed by atoms with van der Waals surface area (Å²) in [5.41, 5.74) is -0.857. The van der Waals surface area contributed by atoms with E-state index in [1.54, 1.807) is 0 Å². The van der Waals surface area contributed by atoms with Crippen molar-refractivity contribution in [2.75, 3.05) is 32.9 Å². The van der Waals surface area contributed by atoms with Crippen LogP contribution in [0.5, 0.6) is 0 Å². The number of ether oxygens (including phenoxy) is 2. The Kier molecular flexibility index (Phi) is 6.54. The minimum Gasteiger partial charge on any atom is -0.378 e.